The van der Waals surface area contributed by atoms with E-state index >= 15 is 0 Å². The summed E-state index contributed by atoms with van der Waals surface area (Å²) in [5.41, 5.74) is 1.74. The van der Waals surface area contributed by atoms with E-state index in [1.54, 1.807) is 11.3 Å². The van der Waals surface area contributed by atoms with Crippen molar-refractivity contribution >= 4 is 17.3 Å². The molecule has 0 saturated heterocycles. The van der Waals surface area contributed by atoms with Crippen LogP contribution in [0.3, 0.4) is 0 Å². The first kappa shape index (κ1) is 13.1. The zero-order valence-corrected chi connectivity index (χ0v) is 11.9. The highest BCUT2D eigenvalue weighted by Crippen LogP contribution is 2.40. The van der Waals surface area contributed by atoms with Gasteiger partial charge in [0.1, 0.15) is 16.7 Å². The van der Waals surface area contributed by atoms with Crippen LogP contribution < -0.4 is 4.74 Å². The molecular weight excluding hydrogens is 274 g/mol. The van der Waals surface area contributed by atoms with Crippen LogP contribution in [-0.2, 0) is 11.2 Å². The van der Waals surface area contributed by atoms with Gasteiger partial charge in [-0.2, -0.15) is 0 Å². The Bertz CT molecular complexity index is 650. The molecule has 0 spiro atoms. The van der Waals surface area contributed by atoms with Gasteiger partial charge >= 0.3 is 5.97 Å². The Morgan fingerprint density at radius 3 is 3.15 bits per heavy atom. The summed E-state index contributed by atoms with van der Waals surface area (Å²) in [5.74, 6) is -0.399. The predicted octanol–water partition coefficient (Wildman–Crippen LogP) is 3.32. The number of aromatic nitrogens is 1. The van der Waals surface area contributed by atoms with E-state index in [0.29, 0.717) is 13.0 Å². The molecular formula is C15H15NO3S. The van der Waals surface area contributed by atoms with Gasteiger partial charge in [-0.05, 0) is 31.9 Å². The third kappa shape index (κ3) is 2.29. The molecule has 1 unspecified atom stereocenters. The van der Waals surface area contributed by atoms with Gasteiger partial charge in [-0.25, -0.2) is 4.98 Å². The van der Waals surface area contributed by atoms with E-state index in [1.807, 2.05) is 31.2 Å². The van der Waals surface area contributed by atoms with Gasteiger partial charge in [-0.3, -0.25) is 4.79 Å². The van der Waals surface area contributed by atoms with Gasteiger partial charge in [0.15, 0.2) is 0 Å². The fourth-order valence-corrected chi connectivity index (χ4v) is 3.61. The largest absolute Gasteiger partial charge is 0.494 e. The zero-order valence-electron chi connectivity index (χ0n) is 11.1. The molecule has 0 amide bonds. The highest BCUT2D eigenvalue weighted by atomic mass is 32.1. The number of thiazole rings is 1. The molecule has 5 heteroatoms. The van der Waals surface area contributed by atoms with Crippen molar-refractivity contribution in [3.63, 3.8) is 0 Å². The van der Waals surface area contributed by atoms with Gasteiger partial charge in [0.25, 0.3) is 0 Å². The Morgan fingerprint density at radius 1 is 1.55 bits per heavy atom. The molecule has 1 atom stereocenters. The Morgan fingerprint density at radius 2 is 2.40 bits per heavy atom. The first-order valence-corrected chi connectivity index (χ1v) is 7.46. The maximum atomic E-state index is 11.2. The lowest BCUT2D eigenvalue weighted by Gasteiger charge is -2.04. The first-order chi connectivity index (χ1) is 9.69. The molecule has 104 valence electrons. The van der Waals surface area contributed by atoms with Crippen LogP contribution >= 0.6 is 11.3 Å². The summed E-state index contributed by atoms with van der Waals surface area (Å²) in [6.07, 6.45) is 1.48. The van der Waals surface area contributed by atoms with Gasteiger partial charge in [0, 0.05) is 10.4 Å². The molecule has 1 aliphatic carbocycles. The van der Waals surface area contributed by atoms with Crippen molar-refractivity contribution in [2.45, 2.75) is 25.7 Å². The third-order valence-corrected chi connectivity index (χ3v) is 4.59. The smallest absolute Gasteiger partial charge is 0.312 e. The normalized spacial score (nSPS) is 16.9. The van der Waals surface area contributed by atoms with Crippen molar-refractivity contribution in [3.05, 3.63) is 34.8 Å². The van der Waals surface area contributed by atoms with Crippen molar-refractivity contribution in [3.8, 4) is 16.3 Å². The first-order valence-electron chi connectivity index (χ1n) is 6.64. The quantitative estimate of drug-likeness (QED) is 0.938. The lowest BCUT2D eigenvalue weighted by atomic mass is 10.1. The van der Waals surface area contributed by atoms with Gasteiger partial charge in [-0.15, -0.1) is 11.3 Å². The summed E-state index contributed by atoms with van der Waals surface area (Å²) in [5, 5.41) is 10.1. The Balaban J connectivity index is 1.94. The summed E-state index contributed by atoms with van der Waals surface area (Å²) in [6, 6.07) is 7.77. The average Bonchev–Trinajstić information content (AvgIpc) is 2.98. The molecule has 1 aromatic carbocycles. The zero-order chi connectivity index (χ0) is 14.1. The molecule has 20 heavy (non-hydrogen) atoms. The maximum absolute atomic E-state index is 11.2. The summed E-state index contributed by atoms with van der Waals surface area (Å²) in [7, 11) is 0. The van der Waals surface area contributed by atoms with Crippen LogP contribution in [0.25, 0.3) is 10.6 Å². The van der Waals surface area contributed by atoms with Gasteiger partial charge in [0.2, 0.25) is 0 Å². The van der Waals surface area contributed by atoms with E-state index in [0.717, 1.165) is 33.3 Å². The number of hydrogen-bond donors (Lipinski definition) is 1. The van der Waals surface area contributed by atoms with Crippen LogP contribution in [0.1, 0.15) is 29.8 Å². The van der Waals surface area contributed by atoms with E-state index in [9.17, 15) is 9.90 Å². The van der Waals surface area contributed by atoms with Gasteiger partial charge in [-0.1, -0.05) is 12.1 Å². The van der Waals surface area contributed by atoms with Crippen molar-refractivity contribution in [1.29, 1.82) is 0 Å². The number of ether oxygens (including phenoxy) is 1. The number of carbonyl (C=O) groups is 1. The molecule has 3 rings (SSSR count). The van der Waals surface area contributed by atoms with Crippen LogP contribution in [0.5, 0.6) is 5.75 Å². The van der Waals surface area contributed by atoms with Gasteiger partial charge in [0.05, 0.1) is 12.3 Å². The number of benzene rings is 1. The minimum absolute atomic E-state index is 0.440. The number of aliphatic carboxylic acids is 1. The molecule has 0 fully saturated rings. The second-order valence-electron chi connectivity index (χ2n) is 4.72. The number of rotatable bonds is 4. The minimum Gasteiger partial charge on any atom is -0.494 e. The number of fused-ring (bicyclic) bond motifs is 1. The molecule has 0 radical (unpaired) electrons. The summed E-state index contributed by atoms with van der Waals surface area (Å²) in [6.45, 7) is 2.57. The second-order valence-corrected chi connectivity index (χ2v) is 5.80. The Hall–Kier alpha value is -1.88. The van der Waals surface area contributed by atoms with Crippen molar-refractivity contribution in [2.75, 3.05) is 6.61 Å². The number of hydrogen-bond acceptors (Lipinski definition) is 4. The number of aryl methyl sites for hydroxylation is 1. The monoisotopic (exact) mass is 289 g/mol. The molecule has 1 aliphatic rings. The standard InChI is InChI=1S/C15H15NO3S/c1-2-19-10-5-3-4-9(8-10)14-16-13-11(15(17)18)6-7-12(13)20-14/h3-5,8,11H,2,6-7H2,1H3,(H,17,18). The molecule has 0 saturated carbocycles. The SMILES string of the molecule is CCOc1cccc(-c2nc3c(s2)CCC3C(=O)O)c1. The molecule has 1 heterocycles. The maximum Gasteiger partial charge on any atom is 0.312 e. The Labute approximate surface area is 121 Å². The van der Waals surface area contributed by atoms with Crippen molar-refractivity contribution < 1.29 is 14.6 Å². The molecule has 4 nitrogen and oxygen atoms in total. The molecule has 2 aromatic rings. The van der Waals surface area contributed by atoms with Crippen LogP contribution in [0.4, 0.5) is 0 Å². The predicted molar refractivity (Wildman–Crippen MR) is 77.4 cm³/mol. The molecule has 1 aromatic heterocycles. The van der Waals surface area contributed by atoms with E-state index in [4.69, 9.17) is 4.74 Å². The number of nitrogens with zero attached hydrogens (tertiary/aromatic N) is 1. The summed E-state index contributed by atoms with van der Waals surface area (Å²) in [4.78, 5) is 16.8. The third-order valence-electron chi connectivity index (χ3n) is 3.41. The van der Waals surface area contributed by atoms with Crippen molar-refractivity contribution in [2.24, 2.45) is 0 Å². The average molecular weight is 289 g/mol. The fraction of sp³-hybridized carbons (Fsp3) is 0.333. The molecule has 0 aliphatic heterocycles. The highest BCUT2D eigenvalue weighted by Gasteiger charge is 2.32. The van der Waals surface area contributed by atoms with E-state index < -0.39 is 11.9 Å². The van der Waals surface area contributed by atoms with Crippen LogP contribution in [0.2, 0.25) is 0 Å². The van der Waals surface area contributed by atoms with Crippen LogP contribution in [-0.4, -0.2) is 22.7 Å². The molecule has 1 N–H and O–H groups in total. The van der Waals surface area contributed by atoms with Crippen LogP contribution in [0.15, 0.2) is 24.3 Å². The fourth-order valence-electron chi connectivity index (χ4n) is 2.48. The van der Waals surface area contributed by atoms with E-state index in [-0.39, 0.29) is 0 Å². The minimum atomic E-state index is -0.774. The Kier molecular flexibility index (Phi) is 3.44. The molecule has 0 bridgehead atoms. The second kappa shape index (κ2) is 5.25. The highest BCUT2D eigenvalue weighted by molar-refractivity contribution is 7.15. The van der Waals surface area contributed by atoms with Crippen LogP contribution in [0, 0.1) is 0 Å². The number of carboxylic acid groups (broad SMARTS) is 1. The summed E-state index contributed by atoms with van der Waals surface area (Å²) < 4.78 is 5.49. The van der Waals surface area contributed by atoms with E-state index in [2.05, 4.69) is 4.98 Å². The summed E-state index contributed by atoms with van der Waals surface area (Å²) >= 11 is 1.59. The van der Waals surface area contributed by atoms with Crippen molar-refractivity contribution in [1.82, 2.24) is 4.98 Å². The van der Waals surface area contributed by atoms with Gasteiger partial charge < -0.3 is 9.84 Å². The number of carboxylic acids is 1. The topological polar surface area (TPSA) is 59.4 Å². The van der Waals surface area contributed by atoms with E-state index in [1.165, 1.54) is 0 Å². The lowest BCUT2D eigenvalue weighted by Crippen LogP contribution is -2.08. The lowest BCUT2D eigenvalue weighted by molar-refractivity contribution is -0.138.